The number of rotatable bonds is 8. The van der Waals surface area contributed by atoms with Gasteiger partial charge in [-0.3, -0.25) is 9.59 Å². The molecule has 1 aromatic heterocycles. The number of carbonyl (C=O) groups excluding carboxylic acids is 2. The second kappa shape index (κ2) is 11.3. The molecule has 5 rings (SSSR count). The van der Waals surface area contributed by atoms with Crippen LogP contribution in [0.5, 0.6) is 5.75 Å². The lowest BCUT2D eigenvalue weighted by Gasteiger charge is -2.32. The van der Waals surface area contributed by atoms with Gasteiger partial charge in [0, 0.05) is 36.7 Å². The Balaban J connectivity index is 1.23. The van der Waals surface area contributed by atoms with E-state index < -0.39 is 0 Å². The van der Waals surface area contributed by atoms with Crippen molar-refractivity contribution in [3.8, 4) is 5.75 Å². The number of hydrogen-bond donors (Lipinski definition) is 1. The Hall–Kier alpha value is -4.06. The Bertz CT molecular complexity index is 1350. The van der Waals surface area contributed by atoms with Gasteiger partial charge in [-0.1, -0.05) is 60.7 Å². The molecule has 2 amide bonds. The van der Waals surface area contributed by atoms with Crippen molar-refractivity contribution in [3.05, 3.63) is 102 Å². The van der Waals surface area contributed by atoms with Gasteiger partial charge in [0.2, 0.25) is 5.91 Å². The maximum absolute atomic E-state index is 13.5. The third kappa shape index (κ3) is 5.85. The fraction of sp³-hybridized carbons (Fsp3) is 0.290. The van der Waals surface area contributed by atoms with Gasteiger partial charge in [0.05, 0.1) is 12.7 Å². The number of likely N-dealkylation sites (tertiary alicyclic amines) is 1. The zero-order chi connectivity index (χ0) is 25.6. The second-order valence-electron chi connectivity index (χ2n) is 9.74. The molecule has 1 fully saturated rings. The number of amides is 2. The van der Waals surface area contributed by atoms with E-state index in [0.29, 0.717) is 18.0 Å². The van der Waals surface area contributed by atoms with Crippen molar-refractivity contribution >= 4 is 22.7 Å². The molecule has 1 N–H and O–H groups in total. The third-order valence-corrected chi connectivity index (χ3v) is 7.25. The molecule has 0 saturated carbocycles. The number of para-hydroxylation sites is 1. The first-order valence-electron chi connectivity index (χ1n) is 12.9. The van der Waals surface area contributed by atoms with E-state index >= 15 is 0 Å². The van der Waals surface area contributed by atoms with E-state index in [2.05, 4.69) is 29.6 Å². The van der Waals surface area contributed by atoms with Crippen molar-refractivity contribution < 1.29 is 14.3 Å². The SMILES string of the molecule is COc1ccc(CNC(=O)Cn2cc(C(=O)N3CCC(Cc4ccccc4)CC3)c3ccccc32)cc1. The molecular weight excluding hydrogens is 462 g/mol. The summed E-state index contributed by atoms with van der Waals surface area (Å²) < 4.78 is 7.07. The van der Waals surface area contributed by atoms with Crippen LogP contribution in [0.15, 0.2) is 85.1 Å². The molecule has 0 bridgehead atoms. The van der Waals surface area contributed by atoms with Crippen molar-refractivity contribution in [3.63, 3.8) is 0 Å². The molecule has 0 spiro atoms. The Morgan fingerprint density at radius 1 is 0.892 bits per heavy atom. The number of benzene rings is 3. The molecule has 6 nitrogen and oxygen atoms in total. The molecular formula is C31H33N3O3. The van der Waals surface area contributed by atoms with E-state index in [-0.39, 0.29) is 18.4 Å². The maximum atomic E-state index is 13.5. The normalized spacial score (nSPS) is 14.0. The number of aromatic nitrogens is 1. The van der Waals surface area contributed by atoms with Crippen LogP contribution in [0.4, 0.5) is 0 Å². The Kier molecular flexibility index (Phi) is 7.54. The zero-order valence-electron chi connectivity index (χ0n) is 21.2. The van der Waals surface area contributed by atoms with E-state index in [4.69, 9.17) is 4.74 Å². The van der Waals surface area contributed by atoms with Crippen molar-refractivity contribution in [2.45, 2.75) is 32.4 Å². The number of fused-ring (bicyclic) bond motifs is 1. The lowest BCUT2D eigenvalue weighted by molar-refractivity contribution is -0.121. The van der Waals surface area contributed by atoms with Gasteiger partial charge in [0.25, 0.3) is 5.91 Å². The van der Waals surface area contributed by atoms with E-state index in [0.717, 1.165) is 54.6 Å². The van der Waals surface area contributed by atoms with E-state index in [1.807, 2.05) is 70.3 Å². The van der Waals surface area contributed by atoms with E-state index in [9.17, 15) is 9.59 Å². The number of ether oxygens (including phenoxy) is 1. The summed E-state index contributed by atoms with van der Waals surface area (Å²) in [6.45, 7) is 2.12. The molecule has 0 radical (unpaired) electrons. The molecule has 190 valence electrons. The second-order valence-corrected chi connectivity index (χ2v) is 9.74. The van der Waals surface area contributed by atoms with Crippen LogP contribution in [0.1, 0.15) is 34.3 Å². The first-order valence-corrected chi connectivity index (χ1v) is 12.9. The molecule has 37 heavy (non-hydrogen) atoms. The first kappa shape index (κ1) is 24.6. The van der Waals surface area contributed by atoms with Crippen LogP contribution >= 0.6 is 0 Å². The average Bonchev–Trinajstić information content (AvgIpc) is 3.31. The summed E-state index contributed by atoms with van der Waals surface area (Å²) in [7, 11) is 1.63. The van der Waals surface area contributed by atoms with Gasteiger partial charge >= 0.3 is 0 Å². The van der Waals surface area contributed by atoms with Crippen molar-refractivity contribution in [2.24, 2.45) is 5.92 Å². The van der Waals surface area contributed by atoms with Crippen molar-refractivity contribution in [1.29, 1.82) is 0 Å². The Morgan fingerprint density at radius 3 is 2.32 bits per heavy atom. The molecule has 6 heteroatoms. The summed E-state index contributed by atoms with van der Waals surface area (Å²) in [6, 6.07) is 26.0. The highest BCUT2D eigenvalue weighted by Gasteiger charge is 2.26. The lowest BCUT2D eigenvalue weighted by Crippen LogP contribution is -2.38. The predicted molar refractivity (Wildman–Crippen MR) is 146 cm³/mol. The van der Waals surface area contributed by atoms with Crippen LogP contribution in [0.2, 0.25) is 0 Å². The molecule has 3 aromatic carbocycles. The quantitative estimate of drug-likeness (QED) is 0.372. The monoisotopic (exact) mass is 495 g/mol. The van der Waals surface area contributed by atoms with Gasteiger partial charge in [0.15, 0.2) is 0 Å². The Morgan fingerprint density at radius 2 is 1.59 bits per heavy atom. The highest BCUT2D eigenvalue weighted by molar-refractivity contribution is 6.07. The fourth-order valence-corrected chi connectivity index (χ4v) is 5.16. The maximum Gasteiger partial charge on any atom is 0.256 e. The van der Waals surface area contributed by atoms with Gasteiger partial charge in [0.1, 0.15) is 12.3 Å². The summed E-state index contributed by atoms with van der Waals surface area (Å²) >= 11 is 0. The summed E-state index contributed by atoms with van der Waals surface area (Å²) in [4.78, 5) is 28.3. The van der Waals surface area contributed by atoms with Crippen LogP contribution in [0, 0.1) is 5.92 Å². The zero-order valence-corrected chi connectivity index (χ0v) is 21.2. The molecule has 0 aliphatic carbocycles. The molecule has 1 saturated heterocycles. The van der Waals surface area contributed by atoms with Gasteiger partial charge in [-0.25, -0.2) is 0 Å². The molecule has 2 heterocycles. The number of methoxy groups -OCH3 is 1. The third-order valence-electron chi connectivity index (χ3n) is 7.25. The van der Waals surface area contributed by atoms with Crippen molar-refractivity contribution in [2.75, 3.05) is 20.2 Å². The smallest absolute Gasteiger partial charge is 0.256 e. The average molecular weight is 496 g/mol. The largest absolute Gasteiger partial charge is 0.497 e. The summed E-state index contributed by atoms with van der Waals surface area (Å²) in [5.41, 5.74) is 3.92. The number of piperidine rings is 1. The minimum atomic E-state index is -0.0997. The first-order chi connectivity index (χ1) is 18.1. The number of nitrogens with zero attached hydrogens (tertiary/aromatic N) is 2. The van der Waals surface area contributed by atoms with Crippen LogP contribution in [-0.4, -0.2) is 41.5 Å². The topological polar surface area (TPSA) is 63.6 Å². The van der Waals surface area contributed by atoms with Gasteiger partial charge in [-0.05, 0) is 54.5 Å². The van der Waals surface area contributed by atoms with Gasteiger partial charge < -0.3 is 19.5 Å². The molecule has 4 aromatic rings. The van der Waals surface area contributed by atoms with E-state index in [1.165, 1.54) is 5.56 Å². The molecule has 0 unspecified atom stereocenters. The molecule has 0 atom stereocenters. The van der Waals surface area contributed by atoms with Gasteiger partial charge in [-0.15, -0.1) is 0 Å². The van der Waals surface area contributed by atoms with Crippen LogP contribution < -0.4 is 10.1 Å². The summed E-state index contributed by atoms with van der Waals surface area (Å²) in [5.74, 6) is 1.33. The fourth-order valence-electron chi connectivity index (χ4n) is 5.16. The standard InChI is InChI=1S/C31H33N3O3/c1-37-26-13-11-25(12-14-26)20-32-30(35)22-34-21-28(27-9-5-6-10-29(27)34)31(36)33-17-15-24(16-18-33)19-23-7-3-2-4-8-23/h2-14,21,24H,15-20,22H2,1H3,(H,32,35). The van der Waals surface area contributed by atoms with Crippen molar-refractivity contribution in [1.82, 2.24) is 14.8 Å². The molecule has 1 aliphatic rings. The number of carbonyl (C=O) groups is 2. The number of hydrogen-bond acceptors (Lipinski definition) is 3. The van der Waals surface area contributed by atoms with E-state index in [1.54, 1.807) is 7.11 Å². The van der Waals surface area contributed by atoms with Crippen LogP contribution in [0.25, 0.3) is 10.9 Å². The Labute approximate surface area is 217 Å². The van der Waals surface area contributed by atoms with Gasteiger partial charge in [-0.2, -0.15) is 0 Å². The van der Waals surface area contributed by atoms with Crippen LogP contribution in [-0.2, 0) is 24.3 Å². The highest BCUT2D eigenvalue weighted by Crippen LogP contribution is 2.27. The summed E-state index contributed by atoms with van der Waals surface area (Å²) in [5, 5.41) is 3.87. The number of nitrogens with one attached hydrogen (secondary N) is 1. The minimum Gasteiger partial charge on any atom is -0.497 e. The summed E-state index contributed by atoms with van der Waals surface area (Å²) in [6.07, 6.45) is 4.92. The molecule has 1 aliphatic heterocycles. The predicted octanol–water partition coefficient (Wildman–Crippen LogP) is 5.06. The highest BCUT2D eigenvalue weighted by atomic mass is 16.5. The van der Waals surface area contributed by atoms with Crippen LogP contribution in [0.3, 0.4) is 0 Å². The lowest BCUT2D eigenvalue weighted by atomic mass is 9.90. The minimum absolute atomic E-state index is 0.0479.